The van der Waals surface area contributed by atoms with E-state index in [2.05, 4.69) is 16.1 Å². The van der Waals surface area contributed by atoms with Crippen molar-refractivity contribution in [1.29, 1.82) is 0 Å². The van der Waals surface area contributed by atoms with E-state index in [4.69, 9.17) is 9.47 Å². The van der Waals surface area contributed by atoms with E-state index in [9.17, 15) is 13.2 Å². The number of ether oxygens (including phenoxy) is 2. The van der Waals surface area contributed by atoms with Gasteiger partial charge < -0.3 is 19.7 Å². The minimum absolute atomic E-state index is 0.0157. The average Bonchev–Trinajstić information content (AvgIpc) is 3.32. The highest BCUT2D eigenvalue weighted by Gasteiger charge is 2.28. The molecule has 0 atom stereocenters. The number of carbonyl (C=O) groups excluding carboxylic acids is 1. The van der Waals surface area contributed by atoms with Crippen molar-refractivity contribution < 1.29 is 22.7 Å². The quantitative estimate of drug-likeness (QED) is 0.442. The Kier molecular flexibility index (Phi) is 7.19. The van der Waals surface area contributed by atoms with Crippen LogP contribution in [0.5, 0.6) is 11.5 Å². The lowest BCUT2D eigenvalue weighted by Gasteiger charge is -2.20. The third kappa shape index (κ3) is 5.64. The molecule has 9 heteroatoms. The van der Waals surface area contributed by atoms with Gasteiger partial charge in [0.05, 0.1) is 6.26 Å². The molecule has 2 N–H and O–H groups in total. The molecule has 8 nitrogen and oxygen atoms in total. The van der Waals surface area contributed by atoms with Gasteiger partial charge in [-0.2, -0.15) is 0 Å². The number of amides is 1. The second-order valence-corrected chi connectivity index (χ2v) is 11.2. The molecule has 0 saturated carbocycles. The third-order valence-corrected chi connectivity index (χ3v) is 7.43. The smallest absolute Gasteiger partial charge is 0.258 e. The van der Waals surface area contributed by atoms with Gasteiger partial charge in [0.2, 0.25) is 10.0 Å². The van der Waals surface area contributed by atoms with Crippen LogP contribution in [0.15, 0.2) is 54.6 Å². The van der Waals surface area contributed by atoms with Gasteiger partial charge >= 0.3 is 0 Å². The standard InChI is InChI=1S/C28H31N3O5S/c1-19-16-21(6-7-22(19)18-29-11-12-30-37(2,33)34)28(32)31-13-10-24-23(4-3-5-25(24)31)20-8-9-26-27(17-20)36-15-14-35-26/h3-9,16-17,29-30H,10-15,18H2,1-2H3. The Morgan fingerprint density at radius 3 is 2.59 bits per heavy atom. The van der Waals surface area contributed by atoms with E-state index in [1.165, 1.54) is 0 Å². The average molecular weight is 522 g/mol. The molecule has 0 unspecified atom stereocenters. The number of benzene rings is 3. The molecule has 194 valence electrons. The monoisotopic (exact) mass is 521 g/mol. The first-order valence-corrected chi connectivity index (χ1v) is 14.3. The lowest BCUT2D eigenvalue weighted by molar-refractivity contribution is 0.0989. The van der Waals surface area contributed by atoms with E-state index in [0.717, 1.165) is 57.7 Å². The van der Waals surface area contributed by atoms with Crippen LogP contribution >= 0.6 is 0 Å². The summed E-state index contributed by atoms with van der Waals surface area (Å²) in [4.78, 5) is 15.4. The maximum Gasteiger partial charge on any atom is 0.258 e. The molecule has 0 radical (unpaired) electrons. The van der Waals surface area contributed by atoms with Crippen LogP contribution < -0.4 is 24.4 Å². The molecule has 2 heterocycles. The number of nitrogens with one attached hydrogen (secondary N) is 2. The molecular weight excluding hydrogens is 490 g/mol. The highest BCUT2D eigenvalue weighted by molar-refractivity contribution is 7.88. The topological polar surface area (TPSA) is 97.0 Å². The van der Waals surface area contributed by atoms with Gasteiger partial charge in [0, 0.05) is 37.4 Å². The maximum absolute atomic E-state index is 13.5. The number of hydrogen-bond donors (Lipinski definition) is 2. The van der Waals surface area contributed by atoms with Crippen LogP contribution in [0, 0.1) is 6.92 Å². The summed E-state index contributed by atoms with van der Waals surface area (Å²) in [5.41, 5.74) is 6.99. The van der Waals surface area contributed by atoms with Crippen LogP contribution in [-0.4, -0.2) is 53.4 Å². The highest BCUT2D eigenvalue weighted by atomic mass is 32.2. The van der Waals surface area contributed by atoms with E-state index in [-0.39, 0.29) is 5.91 Å². The maximum atomic E-state index is 13.5. The molecule has 0 aliphatic carbocycles. The predicted octanol–water partition coefficient (Wildman–Crippen LogP) is 3.27. The number of nitrogens with zero attached hydrogens (tertiary/aromatic N) is 1. The summed E-state index contributed by atoms with van der Waals surface area (Å²) >= 11 is 0. The second kappa shape index (κ2) is 10.5. The predicted molar refractivity (Wildman–Crippen MR) is 144 cm³/mol. The zero-order valence-corrected chi connectivity index (χ0v) is 21.9. The Bertz CT molecular complexity index is 1440. The molecular formula is C28H31N3O5S. The van der Waals surface area contributed by atoms with Gasteiger partial charge in [0.1, 0.15) is 13.2 Å². The van der Waals surface area contributed by atoms with Crippen molar-refractivity contribution in [3.63, 3.8) is 0 Å². The fourth-order valence-electron chi connectivity index (χ4n) is 4.86. The van der Waals surface area contributed by atoms with E-state index < -0.39 is 10.0 Å². The fourth-order valence-corrected chi connectivity index (χ4v) is 5.33. The summed E-state index contributed by atoms with van der Waals surface area (Å²) in [7, 11) is -3.19. The molecule has 37 heavy (non-hydrogen) atoms. The number of fused-ring (bicyclic) bond motifs is 2. The van der Waals surface area contributed by atoms with Gasteiger partial charge in [0.15, 0.2) is 11.5 Å². The number of rotatable bonds is 8. The fraction of sp³-hybridized carbons (Fsp3) is 0.321. The van der Waals surface area contributed by atoms with Crippen LogP contribution in [0.3, 0.4) is 0 Å². The third-order valence-electron chi connectivity index (χ3n) is 6.70. The van der Waals surface area contributed by atoms with Crippen molar-refractivity contribution in [2.45, 2.75) is 19.9 Å². The molecule has 0 fully saturated rings. The summed E-state index contributed by atoms with van der Waals surface area (Å²) < 4.78 is 36.2. The van der Waals surface area contributed by atoms with Crippen molar-refractivity contribution in [3.8, 4) is 22.6 Å². The summed E-state index contributed by atoms with van der Waals surface area (Å²) in [5.74, 6) is 1.50. The summed E-state index contributed by atoms with van der Waals surface area (Å²) in [6.07, 6.45) is 1.93. The number of aryl methyl sites for hydroxylation is 1. The number of anilines is 1. The number of carbonyl (C=O) groups is 1. The lowest BCUT2D eigenvalue weighted by atomic mass is 9.97. The van der Waals surface area contributed by atoms with E-state index in [1.807, 2.05) is 60.4 Å². The number of sulfonamides is 1. The van der Waals surface area contributed by atoms with Crippen molar-refractivity contribution in [3.05, 3.63) is 76.9 Å². The Hall–Kier alpha value is -3.40. The van der Waals surface area contributed by atoms with Crippen LogP contribution in [0.25, 0.3) is 11.1 Å². The number of hydrogen-bond acceptors (Lipinski definition) is 6. The van der Waals surface area contributed by atoms with Gasteiger partial charge in [-0.1, -0.05) is 24.3 Å². The van der Waals surface area contributed by atoms with E-state index in [1.54, 1.807) is 0 Å². The Balaban J connectivity index is 1.30. The Morgan fingerprint density at radius 1 is 1.00 bits per heavy atom. The van der Waals surface area contributed by atoms with Crippen LogP contribution in [0.4, 0.5) is 5.69 Å². The van der Waals surface area contributed by atoms with Gasteiger partial charge in [-0.25, -0.2) is 13.1 Å². The van der Waals surface area contributed by atoms with Crippen molar-refractivity contribution in [2.75, 3.05) is 44.0 Å². The molecule has 3 aromatic carbocycles. The molecule has 2 aliphatic heterocycles. The van der Waals surface area contributed by atoms with E-state index in [0.29, 0.717) is 45.0 Å². The van der Waals surface area contributed by atoms with Crippen LogP contribution in [0.1, 0.15) is 27.0 Å². The Labute approximate surface area is 217 Å². The summed E-state index contributed by atoms with van der Waals surface area (Å²) in [6, 6.07) is 17.9. The van der Waals surface area contributed by atoms with Gasteiger partial charge in [-0.05, 0) is 71.5 Å². The molecule has 0 spiro atoms. The summed E-state index contributed by atoms with van der Waals surface area (Å²) in [6.45, 7) is 5.16. The van der Waals surface area contributed by atoms with Crippen LogP contribution in [0.2, 0.25) is 0 Å². The van der Waals surface area contributed by atoms with Crippen LogP contribution in [-0.2, 0) is 23.0 Å². The lowest BCUT2D eigenvalue weighted by Crippen LogP contribution is -2.31. The molecule has 2 aliphatic rings. The van der Waals surface area contributed by atoms with Crippen molar-refractivity contribution >= 4 is 21.6 Å². The van der Waals surface area contributed by atoms with Gasteiger partial charge in [-0.15, -0.1) is 0 Å². The minimum atomic E-state index is -3.19. The largest absolute Gasteiger partial charge is 0.486 e. The van der Waals surface area contributed by atoms with E-state index >= 15 is 0 Å². The summed E-state index contributed by atoms with van der Waals surface area (Å²) in [5, 5.41) is 3.23. The first-order valence-electron chi connectivity index (χ1n) is 12.4. The second-order valence-electron chi connectivity index (χ2n) is 9.35. The van der Waals surface area contributed by atoms with Gasteiger partial charge in [0.25, 0.3) is 5.91 Å². The molecule has 0 saturated heterocycles. The van der Waals surface area contributed by atoms with Crippen molar-refractivity contribution in [1.82, 2.24) is 10.0 Å². The first kappa shape index (κ1) is 25.3. The molecule has 5 rings (SSSR count). The zero-order valence-electron chi connectivity index (χ0n) is 21.0. The SMILES string of the molecule is Cc1cc(C(=O)N2CCc3c(-c4ccc5c(c4)OCCO5)cccc32)ccc1CNCCNS(C)(=O)=O. The molecule has 1 amide bonds. The first-order chi connectivity index (χ1) is 17.8. The normalized spacial score (nSPS) is 14.5. The van der Waals surface area contributed by atoms with Gasteiger partial charge in [-0.3, -0.25) is 4.79 Å². The minimum Gasteiger partial charge on any atom is -0.486 e. The molecule has 0 aromatic heterocycles. The molecule has 0 bridgehead atoms. The van der Waals surface area contributed by atoms with Crippen molar-refractivity contribution in [2.24, 2.45) is 0 Å². The Morgan fingerprint density at radius 2 is 1.81 bits per heavy atom. The molecule has 3 aromatic rings. The zero-order chi connectivity index (χ0) is 26.0. The highest BCUT2D eigenvalue weighted by Crippen LogP contribution is 2.40.